The van der Waals surface area contributed by atoms with Crippen molar-refractivity contribution in [2.45, 2.75) is 25.7 Å². The van der Waals surface area contributed by atoms with Crippen LogP contribution < -0.4 is 9.62 Å². The number of esters is 1. The summed E-state index contributed by atoms with van der Waals surface area (Å²) in [5.41, 5.74) is 2.39. The molecule has 2 aromatic rings. The third-order valence-corrected chi connectivity index (χ3v) is 6.10. The van der Waals surface area contributed by atoms with Gasteiger partial charge in [0.05, 0.1) is 24.7 Å². The molecule has 2 rings (SSSR count). The molecule has 7 nitrogen and oxygen atoms in total. The average molecular weight is 412 g/mol. The third-order valence-electron chi connectivity index (χ3n) is 4.09. The van der Waals surface area contributed by atoms with Gasteiger partial charge in [-0.25, -0.2) is 13.4 Å². The van der Waals surface area contributed by atoms with Crippen molar-refractivity contribution >= 4 is 38.1 Å². The zero-order valence-corrected chi connectivity index (χ0v) is 17.4. The first-order valence-electron chi connectivity index (χ1n) is 8.62. The minimum atomic E-state index is -3.27. The minimum absolute atomic E-state index is 0.165. The lowest BCUT2D eigenvalue weighted by Gasteiger charge is -2.16. The number of ether oxygens (including phenoxy) is 1. The summed E-state index contributed by atoms with van der Waals surface area (Å²) in [6, 6.07) is 7.26. The average Bonchev–Trinajstić information content (AvgIpc) is 3.12. The van der Waals surface area contributed by atoms with E-state index in [-0.39, 0.29) is 5.97 Å². The highest BCUT2D eigenvalue weighted by Gasteiger charge is 2.12. The lowest BCUT2D eigenvalue weighted by Crippen LogP contribution is -2.24. The maximum atomic E-state index is 11.6. The van der Waals surface area contributed by atoms with Gasteiger partial charge in [0.2, 0.25) is 10.0 Å². The molecule has 0 aliphatic rings. The molecule has 0 saturated heterocycles. The van der Waals surface area contributed by atoms with E-state index in [1.54, 1.807) is 12.1 Å². The number of aromatic nitrogens is 1. The molecule has 0 saturated carbocycles. The molecule has 27 heavy (non-hydrogen) atoms. The first-order valence-corrected chi connectivity index (χ1v) is 11.3. The Balaban J connectivity index is 1.84. The number of hydrogen-bond donors (Lipinski definition) is 1. The summed E-state index contributed by atoms with van der Waals surface area (Å²) in [5, 5.41) is 6.10. The molecule has 0 aliphatic heterocycles. The van der Waals surface area contributed by atoms with Crippen LogP contribution in [0.25, 0.3) is 11.3 Å². The van der Waals surface area contributed by atoms with E-state index in [9.17, 15) is 13.2 Å². The molecular formula is C18H25N3O4S2. The van der Waals surface area contributed by atoms with Gasteiger partial charge in [0.25, 0.3) is 0 Å². The van der Waals surface area contributed by atoms with E-state index in [1.807, 2.05) is 17.5 Å². The fourth-order valence-electron chi connectivity index (χ4n) is 2.39. The number of hydrogen-bond acceptors (Lipinski definition) is 7. The van der Waals surface area contributed by atoms with E-state index in [4.69, 9.17) is 0 Å². The molecule has 1 aromatic carbocycles. The first-order chi connectivity index (χ1) is 12.8. The standard InChI is InChI=1S/C18H25N3O4S2/c1-21(27(3,23)24)15-10-8-14(9-11-15)16-13-26-18(20-16)19-12-6-4-5-7-17(22)25-2/h8-11,13H,4-7,12H2,1-3H3,(H,19,20). The number of unbranched alkanes of at least 4 members (excludes halogenated alkanes) is 2. The van der Waals surface area contributed by atoms with Crippen molar-refractivity contribution in [1.29, 1.82) is 0 Å². The summed E-state index contributed by atoms with van der Waals surface area (Å²) >= 11 is 1.53. The smallest absolute Gasteiger partial charge is 0.305 e. The van der Waals surface area contributed by atoms with Gasteiger partial charge in [0.1, 0.15) is 0 Å². The molecule has 0 aliphatic carbocycles. The van der Waals surface area contributed by atoms with Crippen LogP contribution in [0.5, 0.6) is 0 Å². The van der Waals surface area contributed by atoms with Crippen LogP contribution in [0.4, 0.5) is 10.8 Å². The number of carbonyl (C=O) groups is 1. The Morgan fingerprint density at radius 2 is 1.93 bits per heavy atom. The zero-order chi connectivity index (χ0) is 19.9. The molecule has 1 aromatic heterocycles. The SMILES string of the molecule is COC(=O)CCCCCNc1nc(-c2ccc(N(C)S(C)(=O)=O)cc2)cs1. The summed E-state index contributed by atoms with van der Waals surface area (Å²) in [5.74, 6) is -0.165. The van der Waals surface area contributed by atoms with E-state index in [0.29, 0.717) is 12.1 Å². The van der Waals surface area contributed by atoms with Gasteiger partial charge in [-0.2, -0.15) is 0 Å². The number of anilines is 2. The Morgan fingerprint density at radius 1 is 1.22 bits per heavy atom. The number of methoxy groups -OCH3 is 1. The van der Waals surface area contributed by atoms with Crippen LogP contribution in [0.2, 0.25) is 0 Å². The molecule has 0 atom stereocenters. The van der Waals surface area contributed by atoms with Crippen molar-refractivity contribution < 1.29 is 17.9 Å². The molecule has 0 spiro atoms. The van der Waals surface area contributed by atoms with Gasteiger partial charge in [-0.15, -0.1) is 11.3 Å². The van der Waals surface area contributed by atoms with Crippen molar-refractivity contribution in [3.63, 3.8) is 0 Å². The highest BCUT2D eigenvalue weighted by atomic mass is 32.2. The Morgan fingerprint density at radius 3 is 2.56 bits per heavy atom. The van der Waals surface area contributed by atoms with Crippen molar-refractivity contribution in [2.24, 2.45) is 0 Å². The number of rotatable bonds is 10. The fraction of sp³-hybridized carbons (Fsp3) is 0.444. The molecule has 0 fully saturated rings. The summed E-state index contributed by atoms with van der Waals surface area (Å²) in [4.78, 5) is 15.6. The zero-order valence-electron chi connectivity index (χ0n) is 15.8. The normalized spacial score (nSPS) is 11.2. The summed E-state index contributed by atoms with van der Waals surface area (Å²) in [7, 11) is -0.336. The Hall–Kier alpha value is -2.13. The molecule has 0 unspecified atom stereocenters. The third kappa shape index (κ3) is 6.51. The summed E-state index contributed by atoms with van der Waals surface area (Å²) in [6.45, 7) is 0.798. The summed E-state index contributed by atoms with van der Waals surface area (Å²) < 4.78 is 29.0. The lowest BCUT2D eigenvalue weighted by molar-refractivity contribution is -0.140. The van der Waals surface area contributed by atoms with Crippen LogP contribution in [0.15, 0.2) is 29.6 Å². The van der Waals surface area contributed by atoms with Crippen LogP contribution >= 0.6 is 11.3 Å². The van der Waals surface area contributed by atoms with Crippen LogP contribution in [0.3, 0.4) is 0 Å². The lowest BCUT2D eigenvalue weighted by atomic mass is 10.1. The second kappa shape index (κ2) is 9.70. The maximum Gasteiger partial charge on any atom is 0.305 e. The van der Waals surface area contributed by atoms with E-state index in [1.165, 1.54) is 36.1 Å². The molecule has 9 heteroatoms. The number of nitrogens with one attached hydrogen (secondary N) is 1. The molecule has 0 bridgehead atoms. The van der Waals surface area contributed by atoms with E-state index in [0.717, 1.165) is 42.2 Å². The highest BCUT2D eigenvalue weighted by Crippen LogP contribution is 2.27. The second-order valence-corrected chi connectivity index (χ2v) is 9.00. The van der Waals surface area contributed by atoms with Crippen LogP contribution in [0.1, 0.15) is 25.7 Å². The number of sulfonamides is 1. The van der Waals surface area contributed by atoms with Crippen LogP contribution in [-0.4, -0.2) is 46.3 Å². The fourth-order valence-corrected chi connectivity index (χ4v) is 3.64. The molecule has 148 valence electrons. The monoisotopic (exact) mass is 411 g/mol. The Bertz CT molecular complexity index is 848. The van der Waals surface area contributed by atoms with Crippen molar-refractivity contribution in [3.8, 4) is 11.3 Å². The number of benzene rings is 1. The van der Waals surface area contributed by atoms with Gasteiger partial charge in [-0.05, 0) is 25.0 Å². The number of nitrogens with zero attached hydrogens (tertiary/aromatic N) is 2. The quantitative estimate of drug-likeness (QED) is 0.476. The van der Waals surface area contributed by atoms with E-state index < -0.39 is 10.0 Å². The molecular weight excluding hydrogens is 386 g/mol. The van der Waals surface area contributed by atoms with Gasteiger partial charge in [0.15, 0.2) is 5.13 Å². The van der Waals surface area contributed by atoms with Crippen LogP contribution in [0, 0.1) is 0 Å². The first kappa shape index (κ1) is 21.2. The molecule has 0 radical (unpaired) electrons. The summed E-state index contributed by atoms with van der Waals surface area (Å²) in [6.07, 6.45) is 4.37. The Kier molecular flexibility index (Phi) is 7.61. The van der Waals surface area contributed by atoms with Crippen molar-refractivity contribution in [2.75, 3.05) is 36.6 Å². The van der Waals surface area contributed by atoms with Crippen molar-refractivity contribution in [3.05, 3.63) is 29.6 Å². The van der Waals surface area contributed by atoms with Gasteiger partial charge in [0, 0.05) is 31.0 Å². The topological polar surface area (TPSA) is 88.6 Å². The van der Waals surface area contributed by atoms with Crippen LogP contribution in [-0.2, 0) is 19.6 Å². The van der Waals surface area contributed by atoms with Gasteiger partial charge in [-0.1, -0.05) is 18.6 Å². The van der Waals surface area contributed by atoms with E-state index >= 15 is 0 Å². The molecule has 1 N–H and O–H groups in total. The largest absolute Gasteiger partial charge is 0.469 e. The predicted octanol–water partition coefficient (Wildman–Crippen LogP) is 3.35. The maximum absolute atomic E-state index is 11.6. The molecule has 0 amide bonds. The minimum Gasteiger partial charge on any atom is -0.469 e. The van der Waals surface area contributed by atoms with Gasteiger partial charge < -0.3 is 10.1 Å². The number of carbonyl (C=O) groups excluding carboxylic acids is 1. The highest BCUT2D eigenvalue weighted by molar-refractivity contribution is 7.92. The van der Waals surface area contributed by atoms with Gasteiger partial charge in [-0.3, -0.25) is 9.10 Å². The van der Waals surface area contributed by atoms with E-state index in [2.05, 4.69) is 15.0 Å². The second-order valence-electron chi connectivity index (χ2n) is 6.13. The van der Waals surface area contributed by atoms with Gasteiger partial charge >= 0.3 is 5.97 Å². The molecule has 1 heterocycles. The van der Waals surface area contributed by atoms with Crippen molar-refractivity contribution in [1.82, 2.24) is 4.98 Å². The Labute approximate surface area is 164 Å². The predicted molar refractivity (Wildman–Crippen MR) is 110 cm³/mol. The number of thiazole rings is 1.